The smallest absolute Gasteiger partial charge is 0.163 e. The third-order valence-corrected chi connectivity index (χ3v) is 3.02. The molecule has 0 fully saturated rings. The molecule has 0 radical (unpaired) electrons. The predicted molar refractivity (Wildman–Crippen MR) is 62.2 cm³/mol. The maximum Gasteiger partial charge on any atom is 0.163 e. The highest BCUT2D eigenvalue weighted by Gasteiger charge is 2.19. The summed E-state index contributed by atoms with van der Waals surface area (Å²) in [5.41, 5.74) is 2.03. The van der Waals surface area contributed by atoms with Crippen molar-refractivity contribution in [1.82, 2.24) is 0 Å². The number of allylic oxidation sites excluding steroid dienone is 1. The molecular weight excluding hydrogens is 203 g/mol. The minimum atomic E-state index is -0.232. The maximum absolute atomic E-state index is 13.8. The average molecular weight is 218 g/mol. The summed E-state index contributed by atoms with van der Waals surface area (Å²) in [5.74, 6) is -0.151. The highest BCUT2D eigenvalue weighted by atomic mass is 19.1. The van der Waals surface area contributed by atoms with E-state index in [1.807, 2.05) is 6.07 Å². The summed E-state index contributed by atoms with van der Waals surface area (Å²) in [6.45, 7) is 3.63. The van der Waals surface area contributed by atoms with E-state index in [1.165, 1.54) is 6.07 Å². The second-order valence-electron chi connectivity index (χ2n) is 4.23. The van der Waals surface area contributed by atoms with Crippen molar-refractivity contribution in [3.63, 3.8) is 0 Å². The summed E-state index contributed by atoms with van der Waals surface area (Å²) in [7, 11) is 0. The van der Waals surface area contributed by atoms with Gasteiger partial charge in [0, 0.05) is 12.0 Å². The zero-order valence-corrected chi connectivity index (χ0v) is 9.26. The number of carbonyl (C=O) groups is 1. The largest absolute Gasteiger partial charge is 0.294 e. The summed E-state index contributed by atoms with van der Waals surface area (Å²) < 4.78 is 13.8. The van der Waals surface area contributed by atoms with Crippen LogP contribution in [0.4, 0.5) is 4.39 Å². The first-order valence-electron chi connectivity index (χ1n) is 5.67. The SMILES string of the molecule is C=CCc1cc(F)c2c(c1)C(=O)CCCC2. The third kappa shape index (κ3) is 2.06. The molecule has 0 amide bonds. The molecule has 0 unspecified atom stereocenters. The number of carbonyl (C=O) groups excluding carboxylic acids is 1. The minimum absolute atomic E-state index is 0.0808. The van der Waals surface area contributed by atoms with Gasteiger partial charge >= 0.3 is 0 Å². The summed E-state index contributed by atoms with van der Waals surface area (Å²) in [6, 6.07) is 3.35. The van der Waals surface area contributed by atoms with Crippen LogP contribution in [0.5, 0.6) is 0 Å². The normalized spacial score (nSPS) is 15.4. The monoisotopic (exact) mass is 218 g/mol. The number of fused-ring (bicyclic) bond motifs is 1. The van der Waals surface area contributed by atoms with E-state index >= 15 is 0 Å². The highest BCUT2D eigenvalue weighted by molar-refractivity contribution is 5.98. The van der Waals surface area contributed by atoms with Gasteiger partial charge in [-0.25, -0.2) is 4.39 Å². The van der Waals surface area contributed by atoms with E-state index in [0.717, 1.165) is 18.4 Å². The van der Waals surface area contributed by atoms with Gasteiger partial charge in [0.2, 0.25) is 0 Å². The molecule has 0 aromatic heterocycles. The number of Topliss-reactive ketones (excluding diaryl/α,β-unsaturated/α-hetero) is 1. The quantitative estimate of drug-likeness (QED) is 0.548. The molecule has 0 atom stereocenters. The van der Waals surface area contributed by atoms with Gasteiger partial charge in [-0.1, -0.05) is 6.08 Å². The van der Waals surface area contributed by atoms with E-state index in [4.69, 9.17) is 0 Å². The molecule has 0 bridgehead atoms. The molecule has 1 aliphatic rings. The van der Waals surface area contributed by atoms with Crippen LogP contribution in [-0.2, 0) is 12.8 Å². The molecule has 2 rings (SSSR count). The van der Waals surface area contributed by atoms with Crippen molar-refractivity contribution in [2.45, 2.75) is 32.1 Å². The Hall–Kier alpha value is -1.44. The van der Waals surface area contributed by atoms with E-state index in [0.29, 0.717) is 30.4 Å². The van der Waals surface area contributed by atoms with Crippen LogP contribution in [0.15, 0.2) is 24.8 Å². The van der Waals surface area contributed by atoms with Crippen LogP contribution >= 0.6 is 0 Å². The highest BCUT2D eigenvalue weighted by Crippen LogP contribution is 2.25. The Morgan fingerprint density at radius 3 is 2.81 bits per heavy atom. The van der Waals surface area contributed by atoms with Crippen LogP contribution in [0.1, 0.15) is 40.7 Å². The molecule has 1 aromatic rings. The van der Waals surface area contributed by atoms with Crippen molar-refractivity contribution in [3.8, 4) is 0 Å². The summed E-state index contributed by atoms with van der Waals surface area (Å²) in [4.78, 5) is 11.8. The first-order valence-corrected chi connectivity index (χ1v) is 5.67. The topological polar surface area (TPSA) is 17.1 Å². The second kappa shape index (κ2) is 4.60. The lowest BCUT2D eigenvalue weighted by Crippen LogP contribution is -2.04. The second-order valence-corrected chi connectivity index (χ2v) is 4.23. The van der Waals surface area contributed by atoms with E-state index in [-0.39, 0.29) is 11.6 Å². The third-order valence-electron chi connectivity index (χ3n) is 3.02. The van der Waals surface area contributed by atoms with Crippen LogP contribution in [-0.4, -0.2) is 5.78 Å². The summed E-state index contributed by atoms with van der Waals surface area (Å²) in [6.07, 6.45) is 5.32. The first-order chi connectivity index (χ1) is 7.72. The van der Waals surface area contributed by atoms with Gasteiger partial charge in [-0.15, -0.1) is 6.58 Å². The lowest BCUT2D eigenvalue weighted by atomic mass is 9.97. The molecule has 0 saturated carbocycles. The Morgan fingerprint density at radius 1 is 1.31 bits per heavy atom. The molecule has 1 aliphatic carbocycles. The Bertz CT molecular complexity index is 435. The number of rotatable bonds is 2. The molecule has 0 aliphatic heterocycles. The van der Waals surface area contributed by atoms with Crippen molar-refractivity contribution in [2.24, 2.45) is 0 Å². The van der Waals surface area contributed by atoms with Crippen LogP contribution in [0.3, 0.4) is 0 Å². The Morgan fingerprint density at radius 2 is 2.06 bits per heavy atom. The minimum Gasteiger partial charge on any atom is -0.294 e. The average Bonchev–Trinajstić information content (AvgIpc) is 2.43. The lowest BCUT2D eigenvalue weighted by molar-refractivity contribution is 0.0981. The van der Waals surface area contributed by atoms with Crippen molar-refractivity contribution in [2.75, 3.05) is 0 Å². The number of hydrogen-bond acceptors (Lipinski definition) is 1. The van der Waals surface area contributed by atoms with E-state index < -0.39 is 0 Å². The van der Waals surface area contributed by atoms with Gasteiger partial charge < -0.3 is 0 Å². The molecule has 1 aromatic carbocycles. The van der Waals surface area contributed by atoms with Crippen LogP contribution in [0.25, 0.3) is 0 Å². The zero-order chi connectivity index (χ0) is 11.5. The Balaban J connectivity index is 2.50. The molecule has 0 spiro atoms. The van der Waals surface area contributed by atoms with Gasteiger partial charge in [0.1, 0.15) is 5.82 Å². The predicted octanol–water partition coefficient (Wildman–Crippen LogP) is 3.46. The number of halogens is 1. The van der Waals surface area contributed by atoms with Gasteiger partial charge in [0.25, 0.3) is 0 Å². The number of benzene rings is 1. The fourth-order valence-electron chi connectivity index (χ4n) is 2.20. The van der Waals surface area contributed by atoms with Gasteiger partial charge in [-0.3, -0.25) is 4.79 Å². The van der Waals surface area contributed by atoms with Crippen molar-refractivity contribution < 1.29 is 9.18 Å². The van der Waals surface area contributed by atoms with E-state index in [2.05, 4.69) is 6.58 Å². The first kappa shape index (κ1) is 11.1. The molecule has 1 nitrogen and oxygen atoms in total. The van der Waals surface area contributed by atoms with E-state index in [9.17, 15) is 9.18 Å². The molecular formula is C14H15FO. The fraction of sp³-hybridized carbons (Fsp3) is 0.357. The van der Waals surface area contributed by atoms with E-state index in [1.54, 1.807) is 6.08 Å². The Kier molecular flexibility index (Phi) is 3.18. The standard InChI is InChI=1S/C14H15FO/c1-2-5-10-8-12-11(13(15)9-10)6-3-4-7-14(12)16/h2,8-9H,1,3-7H2. The summed E-state index contributed by atoms with van der Waals surface area (Å²) in [5, 5.41) is 0. The van der Waals surface area contributed by atoms with Crippen LogP contribution in [0, 0.1) is 5.82 Å². The molecule has 2 heteroatoms. The number of hydrogen-bond donors (Lipinski definition) is 0. The Labute approximate surface area is 95.0 Å². The van der Waals surface area contributed by atoms with Gasteiger partial charge in [0.05, 0.1) is 0 Å². The number of ketones is 1. The van der Waals surface area contributed by atoms with Crippen molar-refractivity contribution in [1.29, 1.82) is 0 Å². The summed E-state index contributed by atoms with van der Waals surface area (Å²) >= 11 is 0. The molecule has 0 N–H and O–H groups in total. The van der Waals surface area contributed by atoms with Gasteiger partial charge in [-0.05, 0) is 48.9 Å². The molecule has 84 valence electrons. The fourth-order valence-corrected chi connectivity index (χ4v) is 2.20. The van der Waals surface area contributed by atoms with Crippen molar-refractivity contribution >= 4 is 5.78 Å². The molecule has 0 heterocycles. The van der Waals surface area contributed by atoms with Gasteiger partial charge in [-0.2, -0.15) is 0 Å². The van der Waals surface area contributed by atoms with Crippen LogP contribution < -0.4 is 0 Å². The molecule has 0 saturated heterocycles. The van der Waals surface area contributed by atoms with Crippen molar-refractivity contribution in [3.05, 3.63) is 47.3 Å². The van der Waals surface area contributed by atoms with Gasteiger partial charge in [0.15, 0.2) is 5.78 Å². The lowest BCUT2D eigenvalue weighted by Gasteiger charge is -2.08. The zero-order valence-electron chi connectivity index (χ0n) is 9.26. The molecule has 16 heavy (non-hydrogen) atoms. The maximum atomic E-state index is 13.8. The van der Waals surface area contributed by atoms with Crippen LogP contribution in [0.2, 0.25) is 0 Å².